The fourth-order valence-corrected chi connectivity index (χ4v) is 3.69. The standard InChI is InChI=1S/C14H10ClNO3S/c1-7-2-5-10(15)12-13(17)9-4-3-8(16(18)19)6-11(9)20-14(7)12/h2-6,16,18H,1H3. The highest BCUT2D eigenvalue weighted by Gasteiger charge is 2.12. The van der Waals surface area contributed by atoms with Crippen LogP contribution in [0.1, 0.15) is 5.56 Å². The van der Waals surface area contributed by atoms with Crippen LogP contribution in [0.2, 0.25) is 5.02 Å². The van der Waals surface area contributed by atoms with E-state index >= 15 is 0 Å². The zero-order valence-corrected chi connectivity index (χ0v) is 12.0. The van der Waals surface area contributed by atoms with Crippen LogP contribution in [-0.4, -0.2) is 5.21 Å². The van der Waals surface area contributed by atoms with E-state index < -0.39 is 5.23 Å². The maximum Gasteiger partial charge on any atom is 0.197 e. The van der Waals surface area contributed by atoms with Crippen molar-refractivity contribution in [1.29, 1.82) is 0 Å². The van der Waals surface area contributed by atoms with Crippen LogP contribution in [0.4, 0.5) is 5.69 Å². The van der Waals surface area contributed by atoms with Gasteiger partial charge < -0.3 is 5.21 Å². The Morgan fingerprint density at radius 2 is 2.05 bits per heavy atom. The van der Waals surface area contributed by atoms with Gasteiger partial charge in [0.25, 0.3) is 0 Å². The number of halogens is 1. The largest absolute Gasteiger partial charge is 0.595 e. The summed E-state index contributed by atoms with van der Waals surface area (Å²) in [4.78, 5) is 12.5. The summed E-state index contributed by atoms with van der Waals surface area (Å²) in [5, 5.41) is 20.5. The van der Waals surface area contributed by atoms with Crippen molar-refractivity contribution in [2.75, 3.05) is 0 Å². The normalized spacial score (nSPS) is 13.0. The number of aryl methyl sites for hydroxylation is 1. The number of hydrogen-bond donors (Lipinski definition) is 2. The van der Waals surface area contributed by atoms with E-state index in [0.717, 1.165) is 10.3 Å². The minimum Gasteiger partial charge on any atom is -0.595 e. The Balaban J connectivity index is 2.51. The van der Waals surface area contributed by atoms with Gasteiger partial charge in [-0.15, -0.1) is 11.3 Å². The molecule has 0 saturated carbocycles. The van der Waals surface area contributed by atoms with E-state index in [4.69, 9.17) is 16.8 Å². The molecule has 1 aromatic heterocycles. The van der Waals surface area contributed by atoms with E-state index in [1.807, 2.05) is 13.0 Å². The molecule has 3 aromatic rings. The van der Waals surface area contributed by atoms with E-state index in [1.54, 1.807) is 12.1 Å². The number of benzene rings is 2. The van der Waals surface area contributed by atoms with Crippen LogP contribution in [0.15, 0.2) is 35.1 Å². The molecule has 0 aliphatic heterocycles. The van der Waals surface area contributed by atoms with Crippen LogP contribution in [-0.2, 0) is 0 Å². The quantitative estimate of drug-likeness (QED) is 0.537. The Morgan fingerprint density at radius 3 is 2.75 bits per heavy atom. The molecule has 1 heterocycles. The summed E-state index contributed by atoms with van der Waals surface area (Å²) >= 11 is 7.52. The molecule has 20 heavy (non-hydrogen) atoms. The number of hydrogen-bond acceptors (Lipinski definition) is 4. The fourth-order valence-electron chi connectivity index (χ4n) is 2.18. The lowest BCUT2D eigenvalue weighted by Gasteiger charge is -2.12. The molecule has 0 spiro atoms. The van der Waals surface area contributed by atoms with E-state index in [0.29, 0.717) is 20.5 Å². The Hall–Kier alpha value is -1.50. The molecule has 102 valence electrons. The van der Waals surface area contributed by atoms with Crippen LogP contribution < -0.4 is 10.7 Å². The Bertz CT molecular complexity index is 889. The molecule has 0 aliphatic carbocycles. The molecule has 3 rings (SSSR count). The summed E-state index contributed by atoms with van der Waals surface area (Å²) in [6.07, 6.45) is 0. The highest BCUT2D eigenvalue weighted by molar-refractivity contribution is 7.24. The van der Waals surface area contributed by atoms with Gasteiger partial charge >= 0.3 is 0 Å². The molecule has 0 saturated heterocycles. The Kier molecular flexibility index (Phi) is 3.24. The third-order valence-electron chi connectivity index (χ3n) is 3.22. The lowest BCUT2D eigenvalue weighted by molar-refractivity contribution is -0.991. The summed E-state index contributed by atoms with van der Waals surface area (Å²) in [5.74, 6) is 0. The highest BCUT2D eigenvalue weighted by atomic mass is 35.5. The van der Waals surface area contributed by atoms with Crippen molar-refractivity contribution in [3.8, 4) is 0 Å². The SMILES string of the molecule is Cc1ccc(Cl)c2c(=O)c3ccc([NH+]([O-])O)cc3sc12. The van der Waals surface area contributed by atoms with Crippen molar-refractivity contribution in [2.45, 2.75) is 6.92 Å². The molecule has 0 amide bonds. The zero-order chi connectivity index (χ0) is 14.4. The topological polar surface area (TPSA) is 64.8 Å². The molecule has 0 radical (unpaired) electrons. The van der Waals surface area contributed by atoms with Gasteiger partial charge in [-0.1, -0.05) is 17.7 Å². The molecular weight excluding hydrogens is 298 g/mol. The summed E-state index contributed by atoms with van der Waals surface area (Å²) in [7, 11) is 0. The van der Waals surface area contributed by atoms with Gasteiger partial charge in [0.1, 0.15) is 0 Å². The van der Waals surface area contributed by atoms with Gasteiger partial charge in [-0.25, -0.2) is 5.21 Å². The molecule has 1 unspecified atom stereocenters. The third-order valence-corrected chi connectivity index (χ3v) is 4.82. The van der Waals surface area contributed by atoms with Crippen LogP contribution >= 0.6 is 22.9 Å². The predicted molar refractivity (Wildman–Crippen MR) is 81.1 cm³/mol. The monoisotopic (exact) mass is 307 g/mol. The second-order valence-corrected chi connectivity index (χ2v) is 5.98. The van der Waals surface area contributed by atoms with Gasteiger partial charge in [0.2, 0.25) is 0 Å². The minimum atomic E-state index is -1.01. The summed E-state index contributed by atoms with van der Waals surface area (Å²) in [6, 6.07) is 8.09. The molecule has 6 heteroatoms. The first-order valence-electron chi connectivity index (χ1n) is 5.88. The van der Waals surface area contributed by atoms with Crippen LogP contribution in [0.25, 0.3) is 20.2 Å². The van der Waals surface area contributed by atoms with Crippen LogP contribution in [0, 0.1) is 12.1 Å². The molecular formula is C14H10ClNO3S. The van der Waals surface area contributed by atoms with Gasteiger partial charge in [0, 0.05) is 26.9 Å². The van der Waals surface area contributed by atoms with E-state index in [1.165, 1.54) is 23.5 Å². The van der Waals surface area contributed by atoms with E-state index in [9.17, 15) is 10.0 Å². The average Bonchev–Trinajstić information content (AvgIpc) is 2.42. The first-order valence-corrected chi connectivity index (χ1v) is 7.07. The smallest absolute Gasteiger partial charge is 0.197 e. The molecule has 4 nitrogen and oxygen atoms in total. The molecule has 0 aliphatic rings. The number of rotatable bonds is 1. The molecule has 0 fully saturated rings. The first-order chi connectivity index (χ1) is 9.49. The van der Waals surface area contributed by atoms with Gasteiger partial charge in [0.15, 0.2) is 11.1 Å². The molecule has 2 N–H and O–H groups in total. The molecule has 2 aromatic carbocycles. The second kappa shape index (κ2) is 4.80. The maximum absolute atomic E-state index is 12.5. The zero-order valence-electron chi connectivity index (χ0n) is 10.4. The lowest BCUT2D eigenvalue weighted by atomic mass is 10.1. The van der Waals surface area contributed by atoms with E-state index in [-0.39, 0.29) is 11.1 Å². The Labute approximate surface area is 123 Å². The van der Waals surface area contributed by atoms with Gasteiger partial charge in [-0.2, -0.15) is 5.23 Å². The van der Waals surface area contributed by atoms with Crippen LogP contribution in [0.3, 0.4) is 0 Å². The third kappa shape index (κ3) is 2.00. The van der Waals surface area contributed by atoms with Crippen molar-refractivity contribution in [3.63, 3.8) is 0 Å². The van der Waals surface area contributed by atoms with Crippen molar-refractivity contribution in [2.24, 2.45) is 0 Å². The van der Waals surface area contributed by atoms with Gasteiger partial charge in [0.05, 0.1) is 10.4 Å². The fraction of sp³-hybridized carbons (Fsp3) is 0.0714. The average molecular weight is 308 g/mol. The highest BCUT2D eigenvalue weighted by Crippen LogP contribution is 2.31. The van der Waals surface area contributed by atoms with Crippen LogP contribution in [0.5, 0.6) is 0 Å². The van der Waals surface area contributed by atoms with Crippen molar-refractivity contribution >= 4 is 48.8 Å². The second-order valence-electron chi connectivity index (χ2n) is 4.52. The number of quaternary nitrogens is 1. The lowest BCUT2D eigenvalue weighted by Crippen LogP contribution is -2.99. The number of nitrogens with one attached hydrogen (secondary N) is 1. The van der Waals surface area contributed by atoms with Crippen molar-refractivity contribution < 1.29 is 10.4 Å². The maximum atomic E-state index is 12.5. The molecule has 1 atom stereocenters. The Morgan fingerprint density at radius 1 is 1.30 bits per heavy atom. The van der Waals surface area contributed by atoms with Gasteiger partial charge in [-0.3, -0.25) is 4.79 Å². The molecule has 0 bridgehead atoms. The van der Waals surface area contributed by atoms with Crippen molar-refractivity contribution in [3.05, 3.63) is 56.3 Å². The van der Waals surface area contributed by atoms with E-state index in [2.05, 4.69) is 0 Å². The predicted octanol–water partition coefficient (Wildman–Crippen LogP) is 2.78. The number of fused-ring (bicyclic) bond motifs is 2. The summed E-state index contributed by atoms with van der Waals surface area (Å²) < 4.78 is 1.46. The summed E-state index contributed by atoms with van der Waals surface area (Å²) in [5.41, 5.74) is 0.973. The minimum absolute atomic E-state index is 0.153. The first kappa shape index (κ1) is 13.5. The summed E-state index contributed by atoms with van der Waals surface area (Å²) in [6.45, 7) is 1.90. The van der Waals surface area contributed by atoms with Crippen molar-refractivity contribution in [1.82, 2.24) is 0 Å². The van der Waals surface area contributed by atoms with Gasteiger partial charge in [-0.05, 0) is 24.6 Å².